The minimum absolute atomic E-state index is 0.0402. The van der Waals surface area contributed by atoms with Crippen LogP contribution < -0.4 is 0 Å². The Labute approximate surface area is 130 Å². The van der Waals surface area contributed by atoms with Crippen molar-refractivity contribution in [3.05, 3.63) is 41.9 Å². The average Bonchev–Trinajstić information content (AvgIpc) is 3.15. The number of carbonyl (C=O) groups excluding carboxylic acids is 1. The molecule has 0 radical (unpaired) electrons. The fourth-order valence-electron chi connectivity index (χ4n) is 1.85. The molecule has 0 saturated heterocycles. The van der Waals surface area contributed by atoms with Gasteiger partial charge in [0.25, 0.3) is 0 Å². The quantitative estimate of drug-likeness (QED) is 0.534. The van der Waals surface area contributed by atoms with Gasteiger partial charge in [0.05, 0.1) is 18.6 Å². The largest absolute Gasteiger partial charge is 0.467 e. The van der Waals surface area contributed by atoms with Crippen LogP contribution in [-0.4, -0.2) is 33.6 Å². The number of carbonyl (C=O) groups is 1. The van der Waals surface area contributed by atoms with Crippen LogP contribution >= 0.6 is 23.1 Å². The lowest BCUT2D eigenvalue weighted by Gasteiger charge is -2.15. The molecule has 0 saturated carbocycles. The number of rotatable bonds is 5. The Kier molecular flexibility index (Phi) is 4.21. The summed E-state index contributed by atoms with van der Waals surface area (Å²) >= 11 is 3.01. The molecule has 0 aliphatic carbocycles. The van der Waals surface area contributed by atoms with Gasteiger partial charge in [0, 0.05) is 12.4 Å². The molecule has 1 amide bonds. The van der Waals surface area contributed by atoms with E-state index in [1.807, 2.05) is 23.6 Å². The van der Waals surface area contributed by atoms with Gasteiger partial charge in [0.15, 0.2) is 0 Å². The highest BCUT2D eigenvalue weighted by Crippen LogP contribution is 2.27. The maximum Gasteiger partial charge on any atom is 0.233 e. The summed E-state index contributed by atoms with van der Waals surface area (Å²) in [6.07, 6.45) is 3.15. The van der Waals surface area contributed by atoms with E-state index in [0.29, 0.717) is 12.3 Å². The fourth-order valence-corrected chi connectivity index (χ4v) is 3.57. The molecule has 0 aromatic carbocycles. The third kappa shape index (κ3) is 3.25. The minimum Gasteiger partial charge on any atom is -0.467 e. The number of thioether (sulfide) groups is 1. The second-order valence-corrected chi connectivity index (χ2v) is 6.29. The third-order valence-corrected chi connectivity index (χ3v) is 4.77. The fraction of sp³-hybridized carbons (Fsp3) is 0.214. The first-order valence-corrected chi connectivity index (χ1v) is 8.18. The lowest BCUT2D eigenvalue weighted by molar-refractivity contribution is -0.127. The van der Waals surface area contributed by atoms with Crippen LogP contribution in [0, 0.1) is 0 Å². The molecule has 108 valence electrons. The Balaban J connectivity index is 1.61. The van der Waals surface area contributed by atoms with Crippen LogP contribution in [0.4, 0.5) is 0 Å². The molecule has 3 aromatic heterocycles. The van der Waals surface area contributed by atoms with Crippen LogP contribution in [0.3, 0.4) is 0 Å². The summed E-state index contributed by atoms with van der Waals surface area (Å²) in [4.78, 5) is 23.2. The van der Waals surface area contributed by atoms with Gasteiger partial charge < -0.3 is 9.32 Å². The van der Waals surface area contributed by atoms with Crippen LogP contribution in [0.5, 0.6) is 0 Å². The van der Waals surface area contributed by atoms with E-state index in [0.717, 1.165) is 21.0 Å². The number of furan rings is 1. The van der Waals surface area contributed by atoms with E-state index in [9.17, 15) is 4.79 Å². The highest BCUT2D eigenvalue weighted by atomic mass is 32.2. The van der Waals surface area contributed by atoms with Gasteiger partial charge in [0.2, 0.25) is 5.91 Å². The molecule has 0 spiro atoms. The molecule has 0 unspecified atom stereocenters. The molecule has 0 aliphatic rings. The summed E-state index contributed by atoms with van der Waals surface area (Å²) in [5.74, 6) is 1.16. The van der Waals surface area contributed by atoms with E-state index in [2.05, 4.69) is 9.97 Å². The van der Waals surface area contributed by atoms with Crippen LogP contribution in [0.1, 0.15) is 5.76 Å². The minimum atomic E-state index is 0.0402. The van der Waals surface area contributed by atoms with Crippen molar-refractivity contribution in [2.45, 2.75) is 11.6 Å². The van der Waals surface area contributed by atoms with E-state index < -0.39 is 0 Å². The topological polar surface area (TPSA) is 59.2 Å². The summed E-state index contributed by atoms with van der Waals surface area (Å²) in [5, 5.41) is 3.84. The number of hydrogen-bond donors (Lipinski definition) is 0. The summed E-state index contributed by atoms with van der Waals surface area (Å²) in [5.41, 5.74) is 0. The van der Waals surface area contributed by atoms with Gasteiger partial charge in [-0.3, -0.25) is 4.79 Å². The number of amides is 1. The number of thiophene rings is 1. The molecule has 7 heteroatoms. The van der Waals surface area contributed by atoms with Gasteiger partial charge in [0.1, 0.15) is 21.9 Å². The molecular formula is C14H13N3O2S2. The SMILES string of the molecule is CN(Cc1ccco1)C(=O)CSc1ncnc2sccc12. The van der Waals surface area contributed by atoms with E-state index in [1.54, 1.807) is 29.5 Å². The third-order valence-electron chi connectivity index (χ3n) is 2.96. The highest BCUT2D eigenvalue weighted by Gasteiger charge is 2.13. The zero-order chi connectivity index (χ0) is 14.7. The summed E-state index contributed by atoms with van der Waals surface area (Å²) in [6.45, 7) is 0.476. The lowest BCUT2D eigenvalue weighted by Crippen LogP contribution is -2.27. The van der Waals surface area contributed by atoms with Gasteiger partial charge in [-0.25, -0.2) is 9.97 Å². The van der Waals surface area contributed by atoms with Crippen LogP contribution in [-0.2, 0) is 11.3 Å². The second-order valence-electron chi connectivity index (χ2n) is 4.44. The monoisotopic (exact) mass is 319 g/mol. The number of nitrogens with zero attached hydrogens (tertiary/aromatic N) is 3. The summed E-state index contributed by atoms with van der Waals surface area (Å²) < 4.78 is 5.24. The maximum atomic E-state index is 12.1. The number of hydrogen-bond acceptors (Lipinski definition) is 6. The Hall–Kier alpha value is -1.86. The smallest absolute Gasteiger partial charge is 0.233 e. The molecular weight excluding hydrogens is 306 g/mol. The normalized spacial score (nSPS) is 10.9. The van der Waals surface area contributed by atoms with Crippen LogP contribution in [0.15, 0.2) is 45.6 Å². The Morgan fingerprint density at radius 3 is 3.14 bits per heavy atom. The molecule has 3 heterocycles. The predicted octanol–water partition coefficient (Wildman–Crippen LogP) is 3.04. The van der Waals surface area contributed by atoms with Gasteiger partial charge >= 0.3 is 0 Å². The van der Waals surface area contributed by atoms with Crippen LogP contribution in [0.2, 0.25) is 0 Å². The molecule has 0 fully saturated rings. The van der Waals surface area contributed by atoms with Crippen molar-refractivity contribution in [3.8, 4) is 0 Å². The lowest BCUT2D eigenvalue weighted by atomic mass is 10.4. The van der Waals surface area contributed by atoms with Gasteiger partial charge in [-0.15, -0.1) is 11.3 Å². The molecule has 0 bridgehead atoms. The van der Waals surface area contributed by atoms with Crippen molar-refractivity contribution >= 4 is 39.2 Å². The van der Waals surface area contributed by atoms with Crippen molar-refractivity contribution < 1.29 is 9.21 Å². The van der Waals surface area contributed by atoms with Crippen molar-refractivity contribution in [1.82, 2.24) is 14.9 Å². The van der Waals surface area contributed by atoms with Crippen molar-refractivity contribution in [2.75, 3.05) is 12.8 Å². The first kappa shape index (κ1) is 14.1. The first-order valence-electron chi connectivity index (χ1n) is 6.31. The summed E-state index contributed by atoms with van der Waals surface area (Å²) in [7, 11) is 1.77. The second kappa shape index (κ2) is 6.28. The van der Waals surface area contributed by atoms with E-state index in [-0.39, 0.29) is 5.91 Å². The van der Waals surface area contributed by atoms with Crippen molar-refractivity contribution in [2.24, 2.45) is 0 Å². The van der Waals surface area contributed by atoms with E-state index >= 15 is 0 Å². The maximum absolute atomic E-state index is 12.1. The van der Waals surface area contributed by atoms with E-state index in [1.165, 1.54) is 18.1 Å². The first-order chi connectivity index (χ1) is 10.2. The molecule has 3 aromatic rings. The van der Waals surface area contributed by atoms with Crippen LogP contribution in [0.25, 0.3) is 10.2 Å². The molecule has 0 N–H and O–H groups in total. The predicted molar refractivity (Wildman–Crippen MR) is 83.3 cm³/mol. The van der Waals surface area contributed by atoms with Gasteiger partial charge in [-0.05, 0) is 23.6 Å². The molecule has 0 aliphatic heterocycles. The molecule has 0 atom stereocenters. The zero-order valence-electron chi connectivity index (χ0n) is 11.4. The highest BCUT2D eigenvalue weighted by molar-refractivity contribution is 8.00. The Morgan fingerprint density at radius 1 is 1.43 bits per heavy atom. The molecule has 21 heavy (non-hydrogen) atoms. The zero-order valence-corrected chi connectivity index (χ0v) is 13.0. The van der Waals surface area contributed by atoms with E-state index in [4.69, 9.17) is 4.42 Å². The summed E-state index contributed by atoms with van der Waals surface area (Å²) in [6, 6.07) is 5.66. The number of fused-ring (bicyclic) bond motifs is 1. The molecule has 3 rings (SSSR count). The van der Waals surface area contributed by atoms with Crippen molar-refractivity contribution in [1.29, 1.82) is 0 Å². The Bertz CT molecular complexity index is 740. The molecule has 5 nitrogen and oxygen atoms in total. The van der Waals surface area contributed by atoms with Gasteiger partial charge in [-0.2, -0.15) is 0 Å². The van der Waals surface area contributed by atoms with Gasteiger partial charge in [-0.1, -0.05) is 11.8 Å². The number of aromatic nitrogens is 2. The van der Waals surface area contributed by atoms with Crippen molar-refractivity contribution in [3.63, 3.8) is 0 Å². The standard InChI is InChI=1S/C14H13N3O2S2/c1-17(7-10-3-2-5-19-10)12(18)8-21-14-11-4-6-20-13(11)15-9-16-14/h2-6,9H,7-8H2,1H3. The Morgan fingerprint density at radius 2 is 2.33 bits per heavy atom. The average molecular weight is 319 g/mol.